The molecule has 89 heavy (non-hydrogen) atoms. The van der Waals surface area contributed by atoms with E-state index < -0.39 is 157 Å². The van der Waals surface area contributed by atoms with Gasteiger partial charge in [-0.05, 0) is 141 Å². The summed E-state index contributed by atoms with van der Waals surface area (Å²) >= 11 is 0. The molecule has 0 radical (unpaired) electrons. The number of aliphatic hydroxyl groups excluding tert-OH is 2. The van der Waals surface area contributed by atoms with Crippen LogP contribution in [0.3, 0.4) is 0 Å². The summed E-state index contributed by atoms with van der Waals surface area (Å²) in [6.45, 7) is 11.2. The van der Waals surface area contributed by atoms with Crippen LogP contribution in [-0.2, 0) is 52.7 Å². The van der Waals surface area contributed by atoms with E-state index in [9.17, 15) is 68.1 Å². The van der Waals surface area contributed by atoms with Crippen molar-refractivity contribution in [2.45, 2.75) is 224 Å². The Kier molecular flexibility index (Phi) is 42.7. The topological polar surface area (TPSA) is 563 Å². The first-order chi connectivity index (χ1) is 42.1. The molecule has 0 aliphatic heterocycles. The predicted molar refractivity (Wildman–Crippen MR) is 335 cm³/mol. The maximum atomic E-state index is 14.5. The van der Waals surface area contributed by atoms with Crippen LogP contribution in [-0.4, -0.2) is 199 Å². The van der Waals surface area contributed by atoms with Gasteiger partial charge in [0, 0.05) is 6.54 Å². The number of hydrogen-bond acceptors (Lipinski definition) is 19. The molecule has 0 aromatic carbocycles. The number of carbonyl (C=O) groups excluding carboxylic acids is 10. The summed E-state index contributed by atoms with van der Waals surface area (Å²) in [7, 11) is 0. The van der Waals surface area contributed by atoms with Crippen LogP contribution in [0.4, 0.5) is 0 Å². The Morgan fingerprint density at radius 1 is 0.438 bits per heavy atom. The number of unbranched alkanes of at least 4 members (excludes halogenated alkanes) is 4. The molecule has 0 fully saturated rings. The number of aliphatic imine (C=N–C) groups is 1. The monoisotopic (exact) mass is 1270 g/mol. The Morgan fingerprint density at radius 2 is 0.809 bits per heavy atom. The van der Waals surface area contributed by atoms with Gasteiger partial charge in [-0.3, -0.25) is 52.9 Å². The fourth-order valence-electron chi connectivity index (χ4n) is 9.02. The Bertz CT molecular complexity index is 2230. The number of carbonyl (C=O) groups is 11. The summed E-state index contributed by atoms with van der Waals surface area (Å²) in [4.78, 5) is 154. The van der Waals surface area contributed by atoms with Crippen molar-refractivity contribution in [1.82, 2.24) is 53.2 Å². The van der Waals surface area contributed by atoms with Gasteiger partial charge in [0.15, 0.2) is 5.96 Å². The first-order valence-corrected chi connectivity index (χ1v) is 31.2. The van der Waals surface area contributed by atoms with Crippen molar-refractivity contribution in [3.05, 3.63) is 0 Å². The number of nitrogens with two attached hydrogens (primary N) is 7. The van der Waals surface area contributed by atoms with Gasteiger partial charge in [0.05, 0.1) is 25.3 Å². The number of guanidine groups is 1. The quantitative estimate of drug-likeness (QED) is 0.0154. The van der Waals surface area contributed by atoms with Crippen molar-refractivity contribution < 1.29 is 68.1 Å². The Morgan fingerprint density at radius 3 is 1.24 bits per heavy atom. The lowest BCUT2D eigenvalue weighted by Crippen LogP contribution is -2.62. The van der Waals surface area contributed by atoms with Gasteiger partial charge in [-0.2, -0.15) is 0 Å². The molecule has 0 aromatic heterocycles. The van der Waals surface area contributed by atoms with Gasteiger partial charge < -0.3 is 109 Å². The van der Waals surface area contributed by atoms with E-state index in [1.54, 1.807) is 41.5 Å². The van der Waals surface area contributed by atoms with Gasteiger partial charge in [0.25, 0.3) is 0 Å². The molecule has 0 saturated heterocycles. The van der Waals surface area contributed by atoms with Crippen molar-refractivity contribution in [2.75, 3.05) is 45.9 Å². The first kappa shape index (κ1) is 82.2. The van der Waals surface area contributed by atoms with Crippen molar-refractivity contribution in [2.24, 2.45) is 62.9 Å². The number of nitrogens with zero attached hydrogens (tertiary/aromatic N) is 1. The summed E-state index contributed by atoms with van der Waals surface area (Å²) in [5.41, 5.74) is 39.7. The van der Waals surface area contributed by atoms with E-state index in [4.69, 9.17) is 40.1 Å². The molecule has 32 nitrogen and oxygen atoms in total. The van der Waals surface area contributed by atoms with Crippen LogP contribution in [0.5, 0.6) is 0 Å². The lowest BCUT2D eigenvalue weighted by Gasteiger charge is -2.30. The number of carboxylic acid groups (broad SMARTS) is 1. The molecule has 0 aromatic rings. The van der Waals surface area contributed by atoms with Gasteiger partial charge in [-0.15, -0.1) is 0 Å². The number of nitrogens with one attached hydrogen (secondary N) is 10. The molecular weight excluding hydrogens is 1160 g/mol. The zero-order valence-electron chi connectivity index (χ0n) is 53.4. The first-order valence-electron chi connectivity index (χ1n) is 31.2. The summed E-state index contributed by atoms with van der Waals surface area (Å²) in [6, 6.07) is -13.4. The van der Waals surface area contributed by atoms with Gasteiger partial charge in [-0.1, -0.05) is 60.8 Å². The molecule has 0 spiro atoms. The highest BCUT2D eigenvalue weighted by Crippen LogP contribution is 2.15. The molecule has 0 heterocycles. The average molecular weight is 1270 g/mol. The Labute approximate surface area is 523 Å². The van der Waals surface area contributed by atoms with Crippen LogP contribution in [0.25, 0.3) is 0 Å². The second-order valence-corrected chi connectivity index (χ2v) is 23.0. The van der Waals surface area contributed by atoms with Crippen LogP contribution >= 0.6 is 0 Å². The van der Waals surface area contributed by atoms with Gasteiger partial charge in [0.2, 0.25) is 59.1 Å². The fourth-order valence-corrected chi connectivity index (χ4v) is 9.02. The zero-order chi connectivity index (χ0) is 67.8. The van der Waals surface area contributed by atoms with Crippen LogP contribution in [0.2, 0.25) is 0 Å². The molecule has 0 aliphatic carbocycles. The van der Waals surface area contributed by atoms with Gasteiger partial charge in [0.1, 0.15) is 54.4 Å². The maximum absolute atomic E-state index is 14.5. The van der Waals surface area contributed by atoms with E-state index in [0.29, 0.717) is 83.7 Å². The lowest BCUT2D eigenvalue weighted by atomic mass is 9.96. The zero-order valence-corrected chi connectivity index (χ0v) is 53.4. The lowest BCUT2D eigenvalue weighted by molar-refractivity contribution is -0.142. The van der Waals surface area contributed by atoms with Crippen molar-refractivity contribution in [3.8, 4) is 0 Å². The van der Waals surface area contributed by atoms with Crippen LogP contribution < -0.4 is 93.3 Å². The average Bonchev–Trinajstić information content (AvgIpc) is 1.90. The summed E-state index contributed by atoms with van der Waals surface area (Å²) in [5, 5.41) is 56.3. The highest BCUT2D eigenvalue weighted by molar-refractivity contribution is 5.98. The van der Waals surface area contributed by atoms with E-state index >= 15 is 0 Å². The molecule has 10 amide bonds. The fraction of sp³-hybridized carbons (Fsp3) is 0.789. The maximum Gasteiger partial charge on any atom is 0.326 e. The molecule has 13 atom stereocenters. The Balaban J connectivity index is 6.72. The molecule has 0 aliphatic rings. The molecule has 0 bridgehead atoms. The molecule has 27 N–H and O–H groups in total. The van der Waals surface area contributed by atoms with Crippen molar-refractivity contribution in [1.29, 1.82) is 0 Å². The number of amides is 10. The van der Waals surface area contributed by atoms with Gasteiger partial charge in [-0.25, -0.2) is 4.79 Å². The molecule has 0 saturated carbocycles. The number of aliphatic hydroxyl groups is 2. The molecule has 0 rings (SSSR count). The van der Waals surface area contributed by atoms with E-state index in [0.717, 1.165) is 0 Å². The third kappa shape index (κ3) is 33.5. The van der Waals surface area contributed by atoms with E-state index in [1.807, 2.05) is 0 Å². The third-order valence-corrected chi connectivity index (χ3v) is 14.9. The third-order valence-electron chi connectivity index (χ3n) is 14.9. The van der Waals surface area contributed by atoms with Crippen molar-refractivity contribution in [3.63, 3.8) is 0 Å². The van der Waals surface area contributed by atoms with E-state index in [-0.39, 0.29) is 70.0 Å². The van der Waals surface area contributed by atoms with Crippen LogP contribution in [0, 0.1) is 17.8 Å². The second kappa shape index (κ2) is 46.3. The predicted octanol–water partition coefficient (Wildman–Crippen LogP) is -5.04. The molecule has 0 unspecified atom stereocenters. The van der Waals surface area contributed by atoms with Gasteiger partial charge >= 0.3 is 5.97 Å². The highest BCUT2D eigenvalue weighted by Gasteiger charge is 2.37. The number of hydrogen-bond donors (Lipinski definition) is 20. The molecule has 32 heteroatoms. The molecule has 512 valence electrons. The number of carboxylic acids is 1. The summed E-state index contributed by atoms with van der Waals surface area (Å²) in [5.74, 6) is -11.3. The summed E-state index contributed by atoms with van der Waals surface area (Å²) in [6.07, 6.45) is 3.39. The van der Waals surface area contributed by atoms with E-state index in [1.165, 1.54) is 6.92 Å². The number of aliphatic carboxylic acids is 1. The summed E-state index contributed by atoms with van der Waals surface area (Å²) < 4.78 is 0. The largest absolute Gasteiger partial charge is 0.480 e. The van der Waals surface area contributed by atoms with Crippen LogP contribution in [0.15, 0.2) is 4.99 Å². The molecular formula is C57H110N18O14. The van der Waals surface area contributed by atoms with E-state index in [2.05, 4.69) is 58.2 Å². The Hall–Kier alpha value is -6.84. The highest BCUT2D eigenvalue weighted by atomic mass is 16.4. The number of rotatable bonds is 49. The normalized spacial score (nSPS) is 15.6. The van der Waals surface area contributed by atoms with Crippen LogP contribution in [0.1, 0.15) is 158 Å². The minimum atomic E-state index is -1.69. The second-order valence-electron chi connectivity index (χ2n) is 23.0. The van der Waals surface area contributed by atoms with Crippen molar-refractivity contribution >= 4 is 71.0 Å². The minimum absolute atomic E-state index is 0.0106. The minimum Gasteiger partial charge on any atom is -0.480 e. The SMILES string of the molecule is CC[C@H](C)[C@H](NC(=O)[C@H](CCCN=C(N)N)NC(=O)[C@H](CCCCN)NC(=O)[C@H](CO)NC(=O)[C@@H](NC(=O)[C@@H](N)CCCCN)[C@@H](C)CC)C(=O)N[C@@H](CC(C)C)C(=O)N[C@H](C(=O)NCC(=O)N[C@@H](CCCCN)C(=O)N[C@@H](CCCCN)C(=O)O)[C@@H](C)O. The smallest absolute Gasteiger partial charge is 0.326 e. The standard InChI is InChI=1S/C57H110N18O14/c1-8-33(5)44(73-47(79)36(62)19-10-14-24-58)55(87)72-42(31-76)52(84)69-38(21-12-16-26-60)49(81)68-39(23-18-28-65-57(63)64)50(82)74-45(34(6)9-2)54(86)71-41(29-32(3)4)51(83)75-46(35(7)77)53(85)66-30-43(78)67-37(20-11-15-25-59)48(80)70-40(56(88)89)22-13-17-27-61/h32-42,44-46,76-77H,8-31,58-62H2,1-7H3,(H,66,85)(H,67,78)(H,68,81)(H,69,84)(H,70,80)(H,71,86)(H,72,87)(H,73,79)(H,74,82)(H,75,83)(H,88,89)(H4,63,64,65)/t33-,34-,35+,36-,37-,38-,39-,40-,41-,42-,44-,45-,46-/m0/s1.